The third-order valence-electron chi connectivity index (χ3n) is 3.56. The van der Waals surface area contributed by atoms with Crippen molar-refractivity contribution in [3.8, 4) is 34.1 Å². The Morgan fingerprint density at radius 3 is 2.57 bits per heavy atom. The van der Waals surface area contributed by atoms with E-state index >= 15 is 0 Å². The molecule has 4 nitrogen and oxygen atoms in total. The van der Waals surface area contributed by atoms with Gasteiger partial charge >= 0.3 is 0 Å². The highest BCUT2D eigenvalue weighted by Gasteiger charge is 2.20. The second-order valence-corrected chi connectivity index (χ2v) is 6.29. The average Bonchev–Trinajstić information content (AvgIpc) is 2.92. The van der Waals surface area contributed by atoms with Gasteiger partial charge in [0.1, 0.15) is 17.2 Å². The monoisotopic (exact) mass is 393 g/mol. The minimum atomic E-state index is 0.0648. The molecule has 6 heteroatoms. The Morgan fingerprint density at radius 2 is 1.91 bits per heavy atom. The first-order valence-electron chi connectivity index (χ1n) is 6.80. The van der Waals surface area contributed by atoms with Gasteiger partial charge in [-0.15, -0.1) is 0 Å². The minimum absolute atomic E-state index is 0.0648. The summed E-state index contributed by atoms with van der Waals surface area (Å²) in [6.45, 7) is 1.89. The van der Waals surface area contributed by atoms with Crippen molar-refractivity contribution in [2.24, 2.45) is 0 Å². The van der Waals surface area contributed by atoms with Crippen LogP contribution in [-0.2, 0) is 0 Å². The molecule has 23 heavy (non-hydrogen) atoms. The van der Waals surface area contributed by atoms with Crippen LogP contribution in [0.15, 0.2) is 45.4 Å². The topological polar surface area (TPSA) is 55.5 Å². The lowest BCUT2D eigenvalue weighted by Crippen LogP contribution is -1.85. The fraction of sp³-hybridized carbons (Fsp3) is 0.118. The Morgan fingerprint density at radius 1 is 1.22 bits per heavy atom. The van der Waals surface area contributed by atoms with Gasteiger partial charge < -0.3 is 14.4 Å². The molecule has 0 spiro atoms. The van der Waals surface area contributed by atoms with E-state index in [0.717, 1.165) is 16.9 Å². The Hall–Kier alpha value is -1.98. The molecule has 0 atom stereocenters. The molecule has 118 valence electrons. The molecule has 0 saturated heterocycles. The number of phenolic OH excluding ortho intramolecular Hbond substituents is 1. The van der Waals surface area contributed by atoms with Crippen molar-refractivity contribution in [2.75, 3.05) is 7.11 Å². The van der Waals surface area contributed by atoms with Crippen LogP contribution in [0.25, 0.3) is 22.6 Å². The van der Waals surface area contributed by atoms with Crippen LogP contribution in [0.3, 0.4) is 0 Å². The number of phenols is 1. The van der Waals surface area contributed by atoms with Gasteiger partial charge in [0.05, 0.1) is 17.1 Å². The zero-order valence-electron chi connectivity index (χ0n) is 12.4. The summed E-state index contributed by atoms with van der Waals surface area (Å²) in [5.74, 6) is 1.32. The van der Waals surface area contributed by atoms with Crippen LogP contribution in [0.4, 0.5) is 0 Å². The number of aromatic hydroxyl groups is 1. The fourth-order valence-electron chi connectivity index (χ4n) is 2.34. The van der Waals surface area contributed by atoms with E-state index in [-0.39, 0.29) is 5.75 Å². The zero-order valence-corrected chi connectivity index (χ0v) is 14.8. The Balaban J connectivity index is 2.09. The molecule has 0 bridgehead atoms. The Kier molecular flexibility index (Phi) is 4.33. The van der Waals surface area contributed by atoms with Gasteiger partial charge in [-0.25, -0.2) is 0 Å². The third kappa shape index (κ3) is 2.94. The standard InChI is InChI=1S/C17H13BrClNO3/c1-9-15(10-3-5-12(22-2)6-4-10)20-23-17(9)13-7-11(19)8-14(18)16(13)21/h3-8,21H,1-2H3. The zero-order chi connectivity index (χ0) is 16.6. The number of ether oxygens (including phenoxy) is 1. The van der Waals surface area contributed by atoms with Crippen molar-refractivity contribution in [3.63, 3.8) is 0 Å². The molecule has 0 aliphatic rings. The summed E-state index contributed by atoms with van der Waals surface area (Å²) >= 11 is 9.34. The van der Waals surface area contributed by atoms with Crippen LogP contribution < -0.4 is 4.74 Å². The lowest BCUT2D eigenvalue weighted by molar-refractivity contribution is 0.414. The second kappa shape index (κ2) is 6.26. The molecular weight excluding hydrogens is 382 g/mol. The molecule has 0 amide bonds. The highest BCUT2D eigenvalue weighted by molar-refractivity contribution is 9.10. The van der Waals surface area contributed by atoms with Crippen molar-refractivity contribution < 1.29 is 14.4 Å². The lowest BCUT2D eigenvalue weighted by atomic mass is 10.0. The Labute approximate surface area is 146 Å². The van der Waals surface area contributed by atoms with Gasteiger partial charge in [0.25, 0.3) is 0 Å². The maximum absolute atomic E-state index is 10.2. The summed E-state index contributed by atoms with van der Waals surface area (Å²) in [7, 11) is 1.62. The van der Waals surface area contributed by atoms with Crippen molar-refractivity contribution in [3.05, 3.63) is 51.5 Å². The van der Waals surface area contributed by atoms with Crippen molar-refractivity contribution in [1.82, 2.24) is 5.16 Å². The van der Waals surface area contributed by atoms with Crippen molar-refractivity contribution in [1.29, 1.82) is 0 Å². The van der Waals surface area contributed by atoms with Crippen molar-refractivity contribution >= 4 is 27.5 Å². The molecule has 0 fully saturated rings. The molecule has 3 aromatic rings. The van der Waals surface area contributed by atoms with E-state index in [1.54, 1.807) is 19.2 Å². The highest BCUT2D eigenvalue weighted by atomic mass is 79.9. The molecule has 1 aromatic heterocycles. The molecule has 0 unspecified atom stereocenters. The molecule has 0 radical (unpaired) electrons. The largest absolute Gasteiger partial charge is 0.506 e. The van der Waals surface area contributed by atoms with Crippen LogP contribution >= 0.6 is 27.5 Å². The van der Waals surface area contributed by atoms with Gasteiger partial charge in [-0.05, 0) is 59.3 Å². The summed E-state index contributed by atoms with van der Waals surface area (Å²) in [4.78, 5) is 0. The summed E-state index contributed by atoms with van der Waals surface area (Å²) < 4.78 is 11.1. The number of halogens is 2. The van der Waals surface area contributed by atoms with E-state index in [1.165, 1.54) is 0 Å². The van der Waals surface area contributed by atoms with E-state index < -0.39 is 0 Å². The number of aromatic nitrogens is 1. The number of rotatable bonds is 3. The molecule has 1 N–H and O–H groups in total. The molecule has 0 aliphatic carbocycles. The first-order valence-corrected chi connectivity index (χ1v) is 7.97. The molecule has 1 heterocycles. The van der Waals surface area contributed by atoms with Gasteiger partial charge in [0.2, 0.25) is 0 Å². The van der Waals surface area contributed by atoms with Gasteiger partial charge in [0, 0.05) is 16.1 Å². The van der Waals surface area contributed by atoms with Crippen molar-refractivity contribution in [2.45, 2.75) is 6.92 Å². The second-order valence-electron chi connectivity index (χ2n) is 5.00. The Bertz CT molecular complexity index is 859. The predicted molar refractivity (Wildman–Crippen MR) is 93.0 cm³/mol. The average molecular weight is 395 g/mol. The van der Waals surface area contributed by atoms with E-state index in [2.05, 4.69) is 21.1 Å². The van der Waals surface area contributed by atoms with Crippen LogP contribution in [0.5, 0.6) is 11.5 Å². The summed E-state index contributed by atoms with van der Waals surface area (Å²) in [6.07, 6.45) is 0. The smallest absolute Gasteiger partial charge is 0.174 e. The first kappa shape index (κ1) is 15.9. The van der Waals surface area contributed by atoms with E-state index in [9.17, 15) is 5.11 Å². The summed E-state index contributed by atoms with van der Waals surface area (Å²) in [5.41, 5.74) is 2.92. The van der Waals surface area contributed by atoms with Crippen LogP contribution in [0.1, 0.15) is 5.56 Å². The quantitative estimate of drug-likeness (QED) is 0.642. The third-order valence-corrected chi connectivity index (χ3v) is 4.38. The van der Waals surface area contributed by atoms with Gasteiger partial charge in [-0.3, -0.25) is 0 Å². The minimum Gasteiger partial charge on any atom is -0.506 e. The normalized spacial score (nSPS) is 10.8. The molecule has 0 saturated carbocycles. The van der Waals surface area contributed by atoms with Gasteiger partial charge in [-0.1, -0.05) is 16.8 Å². The number of methoxy groups -OCH3 is 1. The highest BCUT2D eigenvalue weighted by Crippen LogP contribution is 2.41. The SMILES string of the molecule is COc1ccc(-c2noc(-c3cc(Cl)cc(Br)c3O)c2C)cc1. The van der Waals surface area contributed by atoms with Gasteiger partial charge in [0.15, 0.2) is 5.76 Å². The molecule has 2 aromatic carbocycles. The van der Waals surface area contributed by atoms with E-state index in [0.29, 0.717) is 26.5 Å². The predicted octanol–water partition coefficient (Wildman–Crippen LogP) is 5.45. The summed E-state index contributed by atoms with van der Waals surface area (Å²) in [5, 5.41) is 14.9. The van der Waals surface area contributed by atoms with Crippen LogP contribution in [0.2, 0.25) is 5.02 Å². The van der Waals surface area contributed by atoms with Gasteiger partial charge in [-0.2, -0.15) is 0 Å². The van der Waals surface area contributed by atoms with Crippen LogP contribution in [0, 0.1) is 6.92 Å². The number of benzene rings is 2. The number of nitrogens with zero attached hydrogens (tertiary/aromatic N) is 1. The maximum Gasteiger partial charge on any atom is 0.174 e. The number of hydrogen-bond donors (Lipinski definition) is 1. The molecule has 0 aliphatic heterocycles. The van der Waals surface area contributed by atoms with E-state index in [4.69, 9.17) is 20.9 Å². The van der Waals surface area contributed by atoms with E-state index in [1.807, 2.05) is 31.2 Å². The lowest BCUT2D eigenvalue weighted by Gasteiger charge is -2.05. The number of hydrogen-bond acceptors (Lipinski definition) is 4. The van der Waals surface area contributed by atoms with Crippen LogP contribution in [-0.4, -0.2) is 17.4 Å². The first-order chi connectivity index (χ1) is 11.0. The fourth-order valence-corrected chi connectivity index (χ4v) is 3.15. The molecule has 3 rings (SSSR count). The summed E-state index contributed by atoms with van der Waals surface area (Å²) in [6, 6.07) is 10.8. The maximum atomic E-state index is 10.2. The molecular formula is C17H13BrClNO3.